The van der Waals surface area contributed by atoms with Gasteiger partial charge in [0.2, 0.25) is 0 Å². The van der Waals surface area contributed by atoms with Crippen LogP contribution in [0.2, 0.25) is 0 Å². The lowest BCUT2D eigenvalue weighted by Gasteiger charge is -2.14. The summed E-state index contributed by atoms with van der Waals surface area (Å²) in [5, 5.41) is 5.88. The van der Waals surface area contributed by atoms with Gasteiger partial charge in [0.1, 0.15) is 11.5 Å². The number of hydrogen-bond acceptors (Lipinski definition) is 5. The molecule has 3 rings (SSSR count). The average molecular weight is 500 g/mol. The summed E-state index contributed by atoms with van der Waals surface area (Å²) in [6.45, 7) is 0. The summed E-state index contributed by atoms with van der Waals surface area (Å²) in [7, 11) is -5.34. The first-order valence-electron chi connectivity index (χ1n) is 8.34. The molecule has 1 amide bonds. The van der Waals surface area contributed by atoms with Gasteiger partial charge in [0, 0.05) is 6.07 Å². The van der Waals surface area contributed by atoms with Crippen molar-refractivity contribution in [1.82, 2.24) is 19.7 Å². The molecule has 3 aromatic rings. The van der Waals surface area contributed by atoms with Crippen molar-refractivity contribution < 1.29 is 48.3 Å². The van der Waals surface area contributed by atoms with Gasteiger partial charge in [0.25, 0.3) is 15.9 Å². The Balaban J connectivity index is 2.08. The first-order chi connectivity index (χ1) is 15.1. The third-order valence-corrected chi connectivity index (χ3v) is 5.39. The molecule has 0 saturated heterocycles. The van der Waals surface area contributed by atoms with E-state index in [1.165, 1.54) is 0 Å². The number of halogens is 8. The van der Waals surface area contributed by atoms with E-state index in [-0.39, 0.29) is 10.7 Å². The Hall–Kier alpha value is -3.56. The fraction of sp³-hybridized carbons (Fsp3) is 0.118. The number of hydrogen-bond donors (Lipinski definition) is 1. The molecule has 0 aliphatic rings. The topological polar surface area (TPSA) is 93.9 Å². The molecule has 0 radical (unpaired) electrons. The predicted octanol–water partition coefficient (Wildman–Crippen LogP) is 3.70. The Morgan fingerprint density at radius 3 is 2.15 bits per heavy atom. The molecule has 176 valence electrons. The number of nitrogens with zero attached hydrogens (tertiary/aromatic N) is 3. The van der Waals surface area contributed by atoms with Crippen LogP contribution in [0.1, 0.15) is 21.7 Å². The van der Waals surface area contributed by atoms with Crippen molar-refractivity contribution in [3.63, 3.8) is 0 Å². The van der Waals surface area contributed by atoms with Crippen molar-refractivity contribution in [2.45, 2.75) is 17.2 Å². The predicted molar refractivity (Wildman–Crippen MR) is 92.4 cm³/mol. The van der Waals surface area contributed by atoms with E-state index in [9.17, 15) is 48.3 Å². The number of benzene rings is 2. The quantitative estimate of drug-likeness (QED) is 0.552. The minimum absolute atomic E-state index is 0.218. The maximum Gasteiger partial charge on any atom is 0.435 e. The first-order valence-corrected chi connectivity index (χ1v) is 9.83. The standard InChI is InChI=1S/C17H8F8N4O3S/c18-8-5-6-11(10(19)7-8)29-14(17(23,24)25)13(26-28-29)15(30)27-33(31,32)12-4-2-1-3-9(12)16(20,21)22/h1-7H,(H,27,30). The number of aromatic nitrogens is 3. The van der Waals surface area contributed by atoms with E-state index in [2.05, 4.69) is 10.3 Å². The van der Waals surface area contributed by atoms with Gasteiger partial charge in [-0.15, -0.1) is 5.10 Å². The molecule has 7 nitrogen and oxygen atoms in total. The molecule has 0 unspecified atom stereocenters. The number of carbonyl (C=O) groups excluding carboxylic acids is 1. The van der Waals surface area contributed by atoms with Crippen LogP contribution in [0.4, 0.5) is 35.1 Å². The zero-order chi connectivity index (χ0) is 24.8. The molecule has 0 fully saturated rings. The van der Waals surface area contributed by atoms with Gasteiger partial charge < -0.3 is 0 Å². The molecule has 0 saturated carbocycles. The Labute approximate surface area is 178 Å². The average Bonchev–Trinajstić information content (AvgIpc) is 3.12. The first kappa shape index (κ1) is 24.1. The molecule has 0 aliphatic carbocycles. The number of rotatable bonds is 4. The van der Waals surface area contributed by atoms with Crippen molar-refractivity contribution in [2.75, 3.05) is 0 Å². The molecule has 1 N–H and O–H groups in total. The highest BCUT2D eigenvalue weighted by Gasteiger charge is 2.44. The number of nitrogens with one attached hydrogen (secondary N) is 1. The van der Waals surface area contributed by atoms with E-state index in [4.69, 9.17) is 0 Å². The SMILES string of the molecule is O=C(NS(=O)(=O)c1ccccc1C(F)(F)F)c1nnn(-c2ccc(F)cc2F)c1C(F)(F)F. The van der Waals surface area contributed by atoms with Crippen molar-refractivity contribution >= 4 is 15.9 Å². The van der Waals surface area contributed by atoms with Gasteiger partial charge >= 0.3 is 12.4 Å². The second kappa shape index (κ2) is 8.09. The lowest BCUT2D eigenvalue weighted by molar-refractivity contribution is -0.143. The van der Waals surface area contributed by atoms with E-state index >= 15 is 0 Å². The van der Waals surface area contributed by atoms with E-state index in [1.807, 2.05) is 0 Å². The Bertz CT molecular complexity index is 1330. The zero-order valence-corrected chi connectivity index (χ0v) is 16.4. The Kier molecular flexibility index (Phi) is 5.91. The maximum atomic E-state index is 14.0. The second-order valence-electron chi connectivity index (χ2n) is 6.22. The lowest BCUT2D eigenvalue weighted by Crippen LogP contribution is -2.34. The highest BCUT2D eigenvalue weighted by molar-refractivity contribution is 7.90. The van der Waals surface area contributed by atoms with Crippen molar-refractivity contribution in [2.24, 2.45) is 0 Å². The molecule has 0 spiro atoms. The van der Waals surface area contributed by atoms with Crippen LogP contribution in [-0.2, 0) is 22.4 Å². The fourth-order valence-corrected chi connectivity index (χ4v) is 3.85. The molecule has 0 aliphatic heterocycles. The molecule has 2 aromatic carbocycles. The number of sulfonamides is 1. The molecule has 16 heteroatoms. The highest BCUT2D eigenvalue weighted by atomic mass is 32.2. The van der Waals surface area contributed by atoms with E-state index in [0.29, 0.717) is 24.3 Å². The van der Waals surface area contributed by atoms with Gasteiger partial charge in [-0.3, -0.25) is 4.79 Å². The van der Waals surface area contributed by atoms with Crippen molar-refractivity contribution in [3.05, 3.63) is 71.1 Å². The summed E-state index contributed by atoms with van der Waals surface area (Å²) >= 11 is 0. The molecule has 1 aromatic heterocycles. The highest BCUT2D eigenvalue weighted by Crippen LogP contribution is 2.35. The molecule has 33 heavy (non-hydrogen) atoms. The van der Waals surface area contributed by atoms with Crippen LogP contribution >= 0.6 is 0 Å². The van der Waals surface area contributed by atoms with Crippen LogP contribution in [0.25, 0.3) is 5.69 Å². The number of carbonyl (C=O) groups is 1. The minimum Gasteiger partial charge on any atom is -0.266 e. The summed E-state index contributed by atoms with van der Waals surface area (Å²) in [5.74, 6) is -4.76. The van der Waals surface area contributed by atoms with Crippen molar-refractivity contribution in [1.29, 1.82) is 0 Å². The van der Waals surface area contributed by atoms with Gasteiger partial charge in [0.05, 0.1) is 10.5 Å². The van der Waals surface area contributed by atoms with Crippen LogP contribution in [0.15, 0.2) is 47.4 Å². The van der Waals surface area contributed by atoms with Gasteiger partial charge in [-0.1, -0.05) is 17.3 Å². The second-order valence-corrected chi connectivity index (χ2v) is 7.87. The summed E-state index contributed by atoms with van der Waals surface area (Å²) in [6.07, 6.45) is -10.6. The van der Waals surface area contributed by atoms with Gasteiger partial charge in [0.15, 0.2) is 17.2 Å². The lowest BCUT2D eigenvalue weighted by atomic mass is 10.2. The molecular formula is C17H8F8N4O3S. The smallest absolute Gasteiger partial charge is 0.266 e. The van der Waals surface area contributed by atoms with Gasteiger partial charge in [-0.05, 0) is 24.3 Å². The van der Waals surface area contributed by atoms with E-state index in [1.54, 1.807) is 0 Å². The fourth-order valence-electron chi connectivity index (χ4n) is 2.67. The monoisotopic (exact) mass is 500 g/mol. The minimum atomic E-state index is -5.47. The largest absolute Gasteiger partial charge is 0.435 e. The molecule has 1 heterocycles. The number of alkyl halides is 6. The van der Waals surface area contributed by atoms with E-state index in [0.717, 1.165) is 16.9 Å². The van der Waals surface area contributed by atoms with Crippen LogP contribution in [0.5, 0.6) is 0 Å². The van der Waals surface area contributed by atoms with Crippen LogP contribution in [-0.4, -0.2) is 29.3 Å². The summed E-state index contributed by atoms with van der Waals surface area (Å²) in [5.41, 5.74) is -6.40. The summed E-state index contributed by atoms with van der Waals surface area (Å²) in [4.78, 5) is 10.9. The maximum absolute atomic E-state index is 14.0. The normalized spacial score (nSPS) is 12.6. The molecule has 0 bridgehead atoms. The van der Waals surface area contributed by atoms with E-state index < -0.39 is 67.5 Å². The third kappa shape index (κ3) is 4.79. The Morgan fingerprint density at radius 2 is 1.58 bits per heavy atom. The van der Waals surface area contributed by atoms with Gasteiger partial charge in [-0.2, -0.15) is 26.3 Å². The Morgan fingerprint density at radius 1 is 0.939 bits per heavy atom. The van der Waals surface area contributed by atoms with Crippen molar-refractivity contribution in [3.8, 4) is 5.69 Å². The number of amides is 1. The third-order valence-electron chi connectivity index (χ3n) is 4.00. The molecular weight excluding hydrogens is 492 g/mol. The summed E-state index contributed by atoms with van der Waals surface area (Å²) in [6, 6.07) is 3.96. The zero-order valence-electron chi connectivity index (χ0n) is 15.5. The van der Waals surface area contributed by atoms with Crippen LogP contribution in [0.3, 0.4) is 0 Å². The van der Waals surface area contributed by atoms with Crippen LogP contribution < -0.4 is 4.72 Å². The molecule has 0 atom stereocenters. The van der Waals surface area contributed by atoms with Gasteiger partial charge in [-0.25, -0.2) is 26.6 Å². The van der Waals surface area contributed by atoms with Crippen LogP contribution in [0, 0.1) is 11.6 Å². The summed E-state index contributed by atoms with van der Waals surface area (Å²) < 4.78 is 133.